The Labute approximate surface area is 209 Å². The van der Waals surface area contributed by atoms with Gasteiger partial charge in [0.05, 0.1) is 15.9 Å². The zero-order valence-corrected chi connectivity index (χ0v) is 20.2. The van der Waals surface area contributed by atoms with Crippen molar-refractivity contribution in [1.82, 2.24) is 14.8 Å². The summed E-state index contributed by atoms with van der Waals surface area (Å²) < 4.78 is 25.6. The smallest absolute Gasteiger partial charge is 0.276 e. The largest absolute Gasteiger partial charge is 0.595 e. The molecule has 2 unspecified atom stereocenters. The number of quaternary nitrogens is 1. The number of sulfonamides is 1. The predicted octanol–water partition coefficient (Wildman–Crippen LogP) is 1.70. The summed E-state index contributed by atoms with van der Waals surface area (Å²) >= 11 is 6.22. The Morgan fingerprint density at radius 2 is 1.86 bits per heavy atom. The van der Waals surface area contributed by atoms with Crippen LogP contribution in [-0.4, -0.2) is 34.4 Å². The van der Waals surface area contributed by atoms with Gasteiger partial charge in [0.25, 0.3) is 15.6 Å². The number of H-pyrrole nitrogens is 1. The van der Waals surface area contributed by atoms with E-state index in [0.29, 0.717) is 0 Å². The highest BCUT2D eigenvalue weighted by Crippen LogP contribution is 2.25. The highest BCUT2D eigenvalue weighted by atomic mass is 35.5. The molecule has 0 saturated carbocycles. The summed E-state index contributed by atoms with van der Waals surface area (Å²) in [5, 5.41) is 34.4. The minimum absolute atomic E-state index is 0.0662. The van der Waals surface area contributed by atoms with E-state index in [9.17, 15) is 28.7 Å². The monoisotopic (exact) mass is 529 g/mol. The van der Waals surface area contributed by atoms with Gasteiger partial charge in [0.15, 0.2) is 11.4 Å². The van der Waals surface area contributed by atoms with E-state index in [-0.39, 0.29) is 37.9 Å². The summed E-state index contributed by atoms with van der Waals surface area (Å²) in [7, 11) is -4.16. The molecule has 4 rings (SSSR count). The number of benzene rings is 3. The topological polar surface area (TPSA) is 172 Å². The third-order valence-corrected chi connectivity index (χ3v) is 6.83. The van der Waals surface area contributed by atoms with Gasteiger partial charge >= 0.3 is 0 Å². The zero-order chi connectivity index (χ0) is 26.0. The van der Waals surface area contributed by atoms with E-state index in [0.717, 1.165) is 5.56 Å². The lowest BCUT2D eigenvalue weighted by Crippen LogP contribution is -2.99. The summed E-state index contributed by atoms with van der Waals surface area (Å²) in [6.45, 7) is 1.80. The van der Waals surface area contributed by atoms with Gasteiger partial charge in [-0.3, -0.25) is 4.79 Å². The number of aromatic amines is 1. The summed E-state index contributed by atoms with van der Waals surface area (Å²) in [5.41, 5.74) is -0.354. The van der Waals surface area contributed by atoms with Crippen LogP contribution in [0.3, 0.4) is 0 Å². The molecule has 0 spiro atoms. The van der Waals surface area contributed by atoms with Gasteiger partial charge in [-0.15, -0.1) is 0 Å². The van der Waals surface area contributed by atoms with Crippen LogP contribution in [0.1, 0.15) is 22.9 Å². The number of fused-ring (bicyclic) bond motifs is 1. The van der Waals surface area contributed by atoms with Crippen molar-refractivity contribution in [2.75, 3.05) is 0 Å². The van der Waals surface area contributed by atoms with Gasteiger partial charge in [0, 0.05) is 22.7 Å². The number of hydrogen-bond donors (Lipinski definition) is 5. The standard InChI is InChI=1S/C23H20ClN5O6S/c1-13-6-9-15(10-7-13)36(34,35)28-27-20(22(30)16-4-2-3-5-17(16)24)21-23(31)26-19-12-14(29(32)33)8-11-18(19)25-21/h2-12,22,28-30,32H,1H3,(H,26,31)/b27-20-. The molecule has 0 radical (unpaired) electrons. The fraction of sp³-hybridized carbons (Fsp3) is 0.0870. The SMILES string of the molecule is Cc1ccc(S(=O)(=O)N/N=C(/c2nc3ccc([NH+]([O-])O)cc3[nH]c2=O)C(O)c2ccccc2Cl)cc1. The van der Waals surface area contributed by atoms with Crippen LogP contribution in [0.4, 0.5) is 5.69 Å². The molecule has 0 bridgehead atoms. The van der Waals surface area contributed by atoms with Gasteiger partial charge < -0.3 is 15.3 Å². The number of nitrogens with zero attached hydrogens (tertiary/aromatic N) is 2. The second kappa shape index (κ2) is 10.1. The normalized spacial score (nSPS) is 14.0. The Bertz CT molecular complexity index is 1620. The van der Waals surface area contributed by atoms with Crippen molar-refractivity contribution in [1.29, 1.82) is 0 Å². The Morgan fingerprint density at radius 1 is 1.17 bits per heavy atom. The van der Waals surface area contributed by atoms with Crippen molar-refractivity contribution in [3.8, 4) is 0 Å². The number of nitrogens with one attached hydrogen (secondary N) is 3. The number of hydrogen-bond acceptors (Lipinski definition) is 8. The number of aromatic nitrogens is 2. The van der Waals surface area contributed by atoms with E-state index in [1.54, 1.807) is 31.2 Å². The lowest BCUT2D eigenvalue weighted by Gasteiger charge is -2.16. The molecule has 1 aromatic heterocycles. The number of rotatable bonds is 7. The first-order chi connectivity index (χ1) is 17.1. The molecule has 186 valence electrons. The number of aliphatic hydroxyl groups excluding tert-OH is 1. The average molecular weight is 530 g/mol. The van der Waals surface area contributed by atoms with Crippen molar-refractivity contribution in [3.63, 3.8) is 0 Å². The molecule has 36 heavy (non-hydrogen) atoms. The molecule has 0 aliphatic rings. The maximum absolute atomic E-state index is 12.9. The minimum Gasteiger partial charge on any atom is -0.595 e. The summed E-state index contributed by atoms with van der Waals surface area (Å²) in [5.74, 6) is 0. The summed E-state index contributed by atoms with van der Waals surface area (Å²) in [6, 6.07) is 16.1. The van der Waals surface area contributed by atoms with Crippen LogP contribution in [0, 0.1) is 12.1 Å². The minimum atomic E-state index is -4.16. The van der Waals surface area contributed by atoms with Gasteiger partial charge in [-0.1, -0.05) is 47.5 Å². The molecule has 0 saturated heterocycles. The van der Waals surface area contributed by atoms with Crippen LogP contribution < -0.4 is 15.6 Å². The quantitative estimate of drug-likeness (QED) is 0.179. The van der Waals surface area contributed by atoms with Crippen LogP contribution in [0.2, 0.25) is 5.02 Å². The molecule has 0 aliphatic heterocycles. The molecule has 2 atom stereocenters. The average Bonchev–Trinajstić information content (AvgIpc) is 2.84. The van der Waals surface area contributed by atoms with Gasteiger partial charge in [-0.05, 0) is 31.2 Å². The van der Waals surface area contributed by atoms with Crippen LogP contribution >= 0.6 is 11.6 Å². The van der Waals surface area contributed by atoms with Crippen molar-refractivity contribution in [3.05, 3.63) is 104 Å². The third kappa shape index (κ3) is 5.28. The first-order valence-corrected chi connectivity index (χ1v) is 12.3. The molecule has 0 aliphatic carbocycles. The van der Waals surface area contributed by atoms with E-state index in [1.165, 1.54) is 42.5 Å². The van der Waals surface area contributed by atoms with Crippen LogP contribution in [0.5, 0.6) is 0 Å². The molecule has 4 aromatic rings. The molecule has 3 aromatic carbocycles. The Morgan fingerprint density at radius 3 is 2.53 bits per heavy atom. The van der Waals surface area contributed by atoms with Gasteiger partial charge in [-0.2, -0.15) is 23.6 Å². The molecule has 11 nitrogen and oxygen atoms in total. The van der Waals surface area contributed by atoms with E-state index in [4.69, 9.17) is 11.6 Å². The number of hydrazone groups is 1. The molecule has 0 amide bonds. The van der Waals surface area contributed by atoms with E-state index in [2.05, 4.69) is 15.1 Å². The molecule has 5 N–H and O–H groups in total. The second-order valence-corrected chi connectivity index (χ2v) is 9.85. The zero-order valence-electron chi connectivity index (χ0n) is 18.6. The predicted molar refractivity (Wildman–Crippen MR) is 133 cm³/mol. The van der Waals surface area contributed by atoms with Gasteiger partial charge in [0.2, 0.25) is 0 Å². The Balaban J connectivity index is 1.85. The van der Waals surface area contributed by atoms with Crippen molar-refractivity contribution >= 4 is 44.1 Å². The first kappa shape index (κ1) is 25.4. The van der Waals surface area contributed by atoms with Crippen LogP contribution in [0.15, 0.2) is 81.5 Å². The fourth-order valence-corrected chi connectivity index (χ4v) is 4.42. The number of halogens is 1. The number of aryl methyl sites for hydroxylation is 1. The lowest BCUT2D eigenvalue weighted by atomic mass is 10.0. The Hall–Kier alpha value is -3.65. The van der Waals surface area contributed by atoms with Crippen molar-refractivity contribution < 1.29 is 24.0 Å². The highest BCUT2D eigenvalue weighted by molar-refractivity contribution is 7.89. The van der Waals surface area contributed by atoms with E-state index in [1.807, 2.05) is 4.83 Å². The lowest BCUT2D eigenvalue weighted by molar-refractivity contribution is -0.991. The molecule has 13 heteroatoms. The Kier molecular flexibility index (Phi) is 7.17. The number of aliphatic hydroxyl groups is 1. The molecule has 0 fully saturated rings. The van der Waals surface area contributed by atoms with E-state index < -0.39 is 32.6 Å². The van der Waals surface area contributed by atoms with E-state index >= 15 is 0 Å². The first-order valence-electron chi connectivity index (χ1n) is 10.4. The van der Waals surface area contributed by atoms with Crippen LogP contribution in [0.25, 0.3) is 11.0 Å². The molecular weight excluding hydrogens is 510 g/mol. The van der Waals surface area contributed by atoms with Crippen LogP contribution in [-0.2, 0) is 10.0 Å². The summed E-state index contributed by atoms with van der Waals surface area (Å²) in [6.07, 6.45) is -1.64. The second-order valence-electron chi connectivity index (χ2n) is 7.78. The molecular formula is C23H20ClN5O6S. The fourth-order valence-electron chi connectivity index (χ4n) is 3.36. The van der Waals surface area contributed by atoms with Crippen molar-refractivity contribution in [2.45, 2.75) is 17.9 Å². The summed E-state index contributed by atoms with van der Waals surface area (Å²) in [4.78, 5) is 21.6. The van der Waals surface area contributed by atoms with Crippen molar-refractivity contribution in [2.24, 2.45) is 5.10 Å². The maximum atomic E-state index is 12.9. The van der Waals surface area contributed by atoms with Gasteiger partial charge in [0.1, 0.15) is 11.8 Å². The van der Waals surface area contributed by atoms with Gasteiger partial charge in [-0.25, -0.2) is 10.2 Å². The maximum Gasteiger partial charge on any atom is 0.276 e. The highest BCUT2D eigenvalue weighted by Gasteiger charge is 2.25. The molecule has 1 heterocycles. The third-order valence-electron chi connectivity index (χ3n) is 5.26.